The summed E-state index contributed by atoms with van der Waals surface area (Å²) in [5.41, 5.74) is 8.77. The summed E-state index contributed by atoms with van der Waals surface area (Å²) >= 11 is 0. The number of nitrogens with two attached hydrogens (primary N) is 1. The van der Waals surface area contributed by atoms with E-state index in [0.29, 0.717) is 0 Å². The Morgan fingerprint density at radius 3 is 2.94 bits per heavy atom. The summed E-state index contributed by atoms with van der Waals surface area (Å²) in [5, 5.41) is 11.8. The van der Waals surface area contributed by atoms with Crippen molar-refractivity contribution in [1.29, 1.82) is 0 Å². The first-order valence-corrected chi connectivity index (χ1v) is 5.85. The van der Waals surface area contributed by atoms with Gasteiger partial charge in [-0.05, 0) is 35.4 Å². The van der Waals surface area contributed by atoms with Gasteiger partial charge in [0.2, 0.25) is 0 Å². The number of hydrogen-bond acceptors (Lipinski definition) is 4. The minimum Gasteiger partial charge on any atom is -0.398 e. The Morgan fingerprint density at radius 1 is 1.35 bits per heavy atom. The summed E-state index contributed by atoms with van der Waals surface area (Å²) in [6, 6.07) is 5.91. The van der Waals surface area contributed by atoms with Crippen LogP contribution >= 0.6 is 0 Å². The van der Waals surface area contributed by atoms with Gasteiger partial charge in [-0.1, -0.05) is 25.5 Å². The predicted octanol–water partition coefficient (Wildman–Crippen LogP) is 2.03. The van der Waals surface area contributed by atoms with Crippen molar-refractivity contribution in [3.05, 3.63) is 23.8 Å². The predicted molar refractivity (Wildman–Crippen MR) is 67.3 cm³/mol. The normalized spacial score (nSPS) is 10.7. The molecule has 0 radical (unpaired) electrons. The lowest BCUT2D eigenvalue weighted by Crippen LogP contribution is -2.04. The number of nitrogen functional groups attached to an aromatic ring is 1. The van der Waals surface area contributed by atoms with Crippen LogP contribution in [-0.2, 0) is 6.54 Å². The van der Waals surface area contributed by atoms with Crippen LogP contribution in [0.4, 0.5) is 5.69 Å². The molecule has 5 nitrogen and oxygen atoms in total. The topological polar surface area (TPSA) is 69.6 Å². The Bertz CT molecular complexity index is 503. The minimum atomic E-state index is 0.750. The molecule has 2 N–H and O–H groups in total. The van der Waals surface area contributed by atoms with Gasteiger partial charge in [0.05, 0.1) is 0 Å². The molecule has 0 spiro atoms. The highest BCUT2D eigenvalue weighted by Gasteiger charge is 2.12. The molecule has 90 valence electrons. The minimum absolute atomic E-state index is 0.750. The highest BCUT2D eigenvalue weighted by Crippen LogP contribution is 2.26. The average molecular weight is 231 g/mol. The first-order chi connectivity index (χ1) is 8.24. The molecule has 0 amide bonds. The number of aromatic nitrogens is 4. The molecule has 0 saturated carbocycles. The third kappa shape index (κ3) is 2.27. The molecule has 1 aromatic carbocycles. The number of hydrogen-bond donors (Lipinski definition) is 1. The molecule has 2 aromatic rings. The zero-order valence-electron chi connectivity index (χ0n) is 10.2. The van der Waals surface area contributed by atoms with Crippen LogP contribution in [0.25, 0.3) is 11.4 Å². The van der Waals surface area contributed by atoms with Crippen molar-refractivity contribution in [2.24, 2.45) is 0 Å². The molecule has 17 heavy (non-hydrogen) atoms. The molecular weight excluding hydrogens is 214 g/mol. The summed E-state index contributed by atoms with van der Waals surface area (Å²) in [6.45, 7) is 4.95. The van der Waals surface area contributed by atoms with Gasteiger partial charge in [0.15, 0.2) is 5.82 Å². The van der Waals surface area contributed by atoms with E-state index < -0.39 is 0 Å². The molecule has 0 unspecified atom stereocenters. The molecule has 0 bridgehead atoms. The number of tetrazole rings is 1. The molecule has 1 heterocycles. The van der Waals surface area contributed by atoms with E-state index in [4.69, 9.17) is 5.73 Å². The summed E-state index contributed by atoms with van der Waals surface area (Å²) in [7, 11) is 0. The molecule has 0 aliphatic heterocycles. The number of nitrogens with zero attached hydrogens (tertiary/aromatic N) is 4. The lowest BCUT2D eigenvalue weighted by atomic mass is 10.1. The van der Waals surface area contributed by atoms with E-state index >= 15 is 0 Å². The second-order valence-corrected chi connectivity index (χ2v) is 4.12. The van der Waals surface area contributed by atoms with Crippen molar-refractivity contribution >= 4 is 5.69 Å². The number of benzene rings is 1. The van der Waals surface area contributed by atoms with E-state index in [-0.39, 0.29) is 0 Å². The van der Waals surface area contributed by atoms with E-state index in [1.165, 1.54) is 0 Å². The van der Waals surface area contributed by atoms with Gasteiger partial charge in [0, 0.05) is 17.8 Å². The van der Waals surface area contributed by atoms with Crippen LogP contribution in [-0.4, -0.2) is 20.2 Å². The van der Waals surface area contributed by atoms with E-state index in [9.17, 15) is 0 Å². The maximum atomic E-state index is 6.06. The zero-order chi connectivity index (χ0) is 12.3. The van der Waals surface area contributed by atoms with Crippen molar-refractivity contribution in [2.75, 3.05) is 5.73 Å². The Hall–Kier alpha value is -1.91. The fourth-order valence-electron chi connectivity index (χ4n) is 1.73. The first-order valence-electron chi connectivity index (χ1n) is 5.85. The fourth-order valence-corrected chi connectivity index (χ4v) is 1.73. The Kier molecular flexibility index (Phi) is 3.37. The van der Waals surface area contributed by atoms with Gasteiger partial charge in [0.25, 0.3) is 0 Å². The highest BCUT2D eigenvalue weighted by atomic mass is 15.5. The zero-order valence-corrected chi connectivity index (χ0v) is 10.2. The van der Waals surface area contributed by atoms with Crippen molar-refractivity contribution in [2.45, 2.75) is 33.2 Å². The number of para-hydroxylation sites is 1. The van der Waals surface area contributed by atoms with E-state index in [1.54, 1.807) is 0 Å². The van der Waals surface area contributed by atoms with Crippen molar-refractivity contribution in [3.63, 3.8) is 0 Å². The smallest absolute Gasteiger partial charge is 0.184 e. The van der Waals surface area contributed by atoms with Gasteiger partial charge in [-0.15, -0.1) is 5.10 Å². The summed E-state index contributed by atoms with van der Waals surface area (Å²) in [5.74, 6) is 0.750. The number of unbranched alkanes of at least 4 members (excludes halogenated alkanes) is 1. The molecule has 0 atom stereocenters. The van der Waals surface area contributed by atoms with Crippen molar-refractivity contribution < 1.29 is 0 Å². The number of rotatable bonds is 4. The van der Waals surface area contributed by atoms with Crippen LogP contribution in [0.5, 0.6) is 0 Å². The second-order valence-electron chi connectivity index (χ2n) is 4.12. The Morgan fingerprint density at radius 2 is 2.18 bits per heavy atom. The van der Waals surface area contributed by atoms with Crippen LogP contribution in [0.15, 0.2) is 18.2 Å². The third-order valence-corrected chi connectivity index (χ3v) is 2.82. The van der Waals surface area contributed by atoms with Crippen LogP contribution in [0.3, 0.4) is 0 Å². The molecule has 0 aliphatic carbocycles. The summed E-state index contributed by atoms with van der Waals surface area (Å²) in [6.07, 6.45) is 2.17. The largest absolute Gasteiger partial charge is 0.398 e. The van der Waals surface area contributed by atoms with Crippen LogP contribution < -0.4 is 5.73 Å². The van der Waals surface area contributed by atoms with Gasteiger partial charge in [0.1, 0.15) is 0 Å². The molecule has 2 rings (SSSR count). The molecular formula is C12H17N5. The Labute approximate surface area is 101 Å². The maximum absolute atomic E-state index is 6.06. The molecule has 0 aliphatic rings. The van der Waals surface area contributed by atoms with Gasteiger partial charge in [-0.2, -0.15) is 0 Å². The van der Waals surface area contributed by atoms with Crippen molar-refractivity contribution in [1.82, 2.24) is 20.2 Å². The SMILES string of the molecule is CCCCn1nnnc1-c1cccc(C)c1N. The number of anilines is 1. The van der Waals surface area contributed by atoms with Gasteiger partial charge < -0.3 is 5.73 Å². The van der Waals surface area contributed by atoms with Gasteiger partial charge in [-0.25, -0.2) is 4.68 Å². The van der Waals surface area contributed by atoms with E-state index in [1.807, 2.05) is 29.8 Å². The standard InChI is InChI=1S/C12H17N5/c1-3-4-8-17-12(14-15-16-17)10-7-5-6-9(2)11(10)13/h5-7H,3-4,8,13H2,1-2H3. The molecule has 1 aromatic heterocycles. The monoisotopic (exact) mass is 231 g/mol. The molecule has 0 fully saturated rings. The lowest BCUT2D eigenvalue weighted by molar-refractivity contribution is 0.557. The van der Waals surface area contributed by atoms with E-state index in [0.717, 1.165) is 42.0 Å². The summed E-state index contributed by atoms with van der Waals surface area (Å²) < 4.78 is 1.81. The van der Waals surface area contributed by atoms with Crippen LogP contribution in [0.1, 0.15) is 25.3 Å². The quantitative estimate of drug-likeness (QED) is 0.817. The van der Waals surface area contributed by atoms with Gasteiger partial charge >= 0.3 is 0 Å². The highest BCUT2D eigenvalue weighted by molar-refractivity contribution is 5.73. The molecule has 0 saturated heterocycles. The number of aryl methyl sites for hydroxylation is 2. The van der Waals surface area contributed by atoms with Gasteiger partial charge in [-0.3, -0.25) is 0 Å². The fraction of sp³-hybridized carbons (Fsp3) is 0.417. The average Bonchev–Trinajstić information content (AvgIpc) is 2.78. The van der Waals surface area contributed by atoms with Crippen molar-refractivity contribution in [3.8, 4) is 11.4 Å². The van der Waals surface area contributed by atoms with E-state index in [2.05, 4.69) is 22.4 Å². The maximum Gasteiger partial charge on any atom is 0.184 e. The Balaban J connectivity index is 2.39. The molecule has 5 heteroatoms. The third-order valence-electron chi connectivity index (χ3n) is 2.82. The first kappa shape index (κ1) is 11.6. The second kappa shape index (κ2) is 4.95. The summed E-state index contributed by atoms with van der Waals surface area (Å²) in [4.78, 5) is 0. The lowest BCUT2D eigenvalue weighted by Gasteiger charge is -2.08. The van der Waals surface area contributed by atoms with Crippen LogP contribution in [0.2, 0.25) is 0 Å². The van der Waals surface area contributed by atoms with Crippen LogP contribution in [0, 0.1) is 6.92 Å².